The molecular formula is C13H19ClN2S. The Hall–Kier alpha value is -0.0900. The number of nitrogens with one attached hydrogen (secondary N) is 1. The van der Waals surface area contributed by atoms with Gasteiger partial charge in [0, 0.05) is 17.5 Å². The van der Waals surface area contributed by atoms with Crippen LogP contribution in [0.3, 0.4) is 0 Å². The summed E-state index contributed by atoms with van der Waals surface area (Å²) >= 11 is 7.83. The molecule has 1 aromatic heterocycles. The maximum absolute atomic E-state index is 6.07. The fourth-order valence-electron chi connectivity index (χ4n) is 3.04. The molecule has 2 unspecified atom stereocenters. The minimum absolute atomic E-state index is 0.555. The van der Waals surface area contributed by atoms with Crippen molar-refractivity contribution in [2.75, 3.05) is 26.7 Å². The second-order valence-corrected chi connectivity index (χ2v) is 7.11. The molecule has 0 saturated carbocycles. The lowest BCUT2D eigenvalue weighted by Crippen LogP contribution is -2.27. The van der Waals surface area contributed by atoms with E-state index in [1.165, 1.54) is 42.8 Å². The van der Waals surface area contributed by atoms with Gasteiger partial charge < -0.3 is 10.2 Å². The van der Waals surface area contributed by atoms with E-state index in [1.54, 1.807) is 11.3 Å². The molecule has 2 aliphatic rings. The Balaban J connectivity index is 1.56. The number of rotatable bonds is 3. The second-order valence-electron chi connectivity index (χ2n) is 5.35. The first-order chi connectivity index (χ1) is 8.22. The molecule has 0 spiro atoms. The third kappa shape index (κ3) is 2.53. The van der Waals surface area contributed by atoms with E-state index < -0.39 is 0 Å². The molecule has 1 aliphatic heterocycles. The van der Waals surface area contributed by atoms with E-state index in [0.29, 0.717) is 6.04 Å². The van der Waals surface area contributed by atoms with Crippen molar-refractivity contribution >= 4 is 22.9 Å². The fourth-order valence-corrected chi connectivity index (χ4v) is 4.40. The minimum atomic E-state index is 0.555. The molecule has 2 heterocycles. The zero-order valence-electron chi connectivity index (χ0n) is 10.2. The molecule has 17 heavy (non-hydrogen) atoms. The van der Waals surface area contributed by atoms with Crippen molar-refractivity contribution in [3.8, 4) is 0 Å². The SMILES string of the molecule is CN1CCC(CNC2CCc3sc(Cl)cc32)C1. The van der Waals surface area contributed by atoms with E-state index in [1.807, 2.05) is 0 Å². The van der Waals surface area contributed by atoms with Gasteiger partial charge in [-0.05, 0) is 56.9 Å². The molecule has 0 aromatic carbocycles. The van der Waals surface area contributed by atoms with E-state index in [0.717, 1.165) is 16.8 Å². The zero-order chi connectivity index (χ0) is 11.8. The Bertz CT molecular complexity index is 404. The summed E-state index contributed by atoms with van der Waals surface area (Å²) in [4.78, 5) is 3.92. The maximum Gasteiger partial charge on any atom is 0.0934 e. The predicted molar refractivity (Wildman–Crippen MR) is 74.0 cm³/mol. The van der Waals surface area contributed by atoms with Crippen LogP contribution in [0.25, 0.3) is 0 Å². The first kappa shape index (κ1) is 12.0. The van der Waals surface area contributed by atoms with Crippen molar-refractivity contribution in [3.05, 3.63) is 20.8 Å². The molecule has 2 atom stereocenters. The van der Waals surface area contributed by atoms with E-state index >= 15 is 0 Å². The van der Waals surface area contributed by atoms with Crippen LogP contribution < -0.4 is 5.32 Å². The topological polar surface area (TPSA) is 15.3 Å². The molecule has 1 aliphatic carbocycles. The second kappa shape index (κ2) is 4.88. The molecule has 0 amide bonds. The van der Waals surface area contributed by atoms with E-state index in [9.17, 15) is 0 Å². The lowest BCUT2D eigenvalue weighted by atomic mass is 10.1. The van der Waals surface area contributed by atoms with Crippen LogP contribution >= 0.6 is 22.9 Å². The number of fused-ring (bicyclic) bond motifs is 1. The zero-order valence-corrected chi connectivity index (χ0v) is 11.8. The highest BCUT2D eigenvalue weighted by Gasteiger charge is 2.26. The summed E-state index contributed by atoms with van der Waals surface area (Å²) in [7, 11) is 2.21. The van der Waals surface area contributed by atoms with Crippen molar-refractivity contribution in [1.82, 2.24) is 10.2 Å². The number of hydrogen-bond donors (Lipinski definition) is 1. The van der Waals surface area contributed by atoms with Crippen LogP contribution in [0.5, 0.6) is 0 Å². The molecule has 0 bridgehead atoms. The number of halogens is 1. The molecule has 3 rings (SSSR count). The average Bonchev–Trinajstić information content (AvgIpc) is 2.92. The summed E-state index contributed by atoms with van der Waals surface area (Å²) in [5.74, 6) is 0.832. The van der Waals surface area contributed by atoms with Crippen molar-refractivity contribution in [2.24, 2.45) is 5.92 Å². The number of nitrogens with zero attached hydrogens (tertiary/aromatic N) is 1. The Labute approximate surface area is 112 Å². The highest BCUT2D eigenvalue weighted by molar-refractivity contribution is 7.16. The quantitative estimate of drug-likeness (QED) is 0.909. The lowest BCUT2D eigenvalue weighted by Gasteiger charge is -2.16. The normalized spacial score (nSPS) is 28.8. The minimum Gasteiger partial charge on any atom is -0.310 e. The molecule has 1 fully saturated rings. The van der Waals surface area contributed by atoms with Gasteiger partial charge in [0.2, 0.25) is 0 Å². The Morgan fingerprint density at radius 2 is 2.41 bits per heavy atom. The maximum atomic E-state index is 6.07. The summed E-state index contributed by atoms with van der Waals surface area (Å²) in [5, 5.41) is 3.73. The summed E-state index contributed by atoms with van der Waals surface area (Å²) in [6.45, 7) is 3.66. The largest absolute Gasteiger partial charge is 0.310 e. The molecule has 4 heteroatoms. The van der Waals surface area contributed by atoms with Gasteiger partial charge in [-0.25, -0.2) is 0 Å². The smallest absolute Gasteiger partial charge is 0.0934 e. The van der Waals surface area contributed by atoms with Crippen LogP contribution in [0.1, 0.15) is 29.3 Å². The first-order valence-corrected chi connectivity index (χ1v) is 7.62. The fraction of sp³-hybridized carbons (Fsp3) is 0.692. The van der Waals surface area contributed by atoms with Crippen molar-refractivity contribution in [3.63, 3.8) is 0 Å². The number of thiophene rings is 1. The number of hydrogen-bond acceptors (Lipinski definition) is 3. The molecule has 1 saturated heterocycles. The first-order valence-electron chi connectivity index (χ1n) is 6.42. The number of likely N-dealkylation sites (tertiary alicyclic amines) is 1. The van der Waals surface area contributed by atoms with Crippen LogP contribution in [-0.2, 0) is 6.42 Å². The molecular weight excluding hydrogens is 252 g/mol. The molecule has 1 aromatic rings. The van der Waals surface area contributed by atoms with Gasteiger partial charge in [0.05, 0.1) is 4.34 Å². The molecule has 2 nitrogen and oxygen atoms in total. The van der Waals surface area contributed by atoms with Crippen LogP contribution in [0.4, 0.5) is 0 Å². The summed E-state index contributed by atoms with van der Waals surface area (Å²) in [6, 6.07) is 2.71. The van der Waals surface area contributed by atoms with Crippen molar-refractivity contribution in [2.45, 2.75) is 25.3 Å². The Morgan fingerprint density at radius 1 is 1.53 bits per heavy atom. The van der Waals surface area contributed by atoms with Gasteiger partial charge in [-0.3, -0.25) is 0 Å². The summed E-state index contributed by atoms with van der Waals surface area (Å²) in [5.41, 5.74) is 1.46. The van der Waals surface area contributed by atoms with E-state index in [-0.39, 0.29) is 0 Å². The van der Waals surface area contributed by atoms with Crippen LogP contribution in [-0.4, -0.2) is 31.6 Å². The molecule has 0 radical (unpaired) electrons. The van der Waals surface area contributed by atoms with Crippen molar-refractivity contribution < 1.29 is 0 Å². The van der Waals surface area contributed by atoms with Gasteiger partial charge >= 0.3 is 0 Å². The third-order valence-corrected chi connectivity index (χ3v) is 5.33. The highest BCUT2D eigenvalue weighted by Crippen LogP contribution is 2.39. The average molecular weight is 271 g/mol. The standard InChI is InChI=1S/C13H19ClN2S/c1-16-5-4-9(8-16)7-15-11-2-3-12-10(11)6-13(14)17-12/h6,9,11,15H,2-5,7-8H2,1H3. The third-order valence-electron chi connectivity index (χ3n) is 3.99. The molecule has 1 N–H and O–H groups in total. The van der Waals surface area contributed by atoms with Gasteiger partial charge in [0.25, 0.3) is 0 Å². The molecule has 94 valence electrons. The van der Waals surface area contributed by atoms with Gasteiger partial charge in [0.15, 0.2) is 0 Å². The predicted octanol–water partition coefficient (Wildman–Crippen LogP) is 2.93. The summed E-state index contributed by atoms with van der Waals surface area (Å²) < 4.78 is 0.946. The van der Waals surface area contributed by atoms with Crippen molar-refractivity contribution in [1.29, 1.82) is 0 Å². The van der Waals surface area contributed by atoms with Gasteiger partial charge in [-0.2, -0.15) is 0 Å². The Morgan fingerprint density at radius 3 is 3.18 bits per heavy atom. The van der Waals surface area contributed by atoms with Crippen LogP contribution in [0.15, 0.2) is 6.07 Å². The van der Waals surface area contributed by atoms with Gasteiger partial charge in [-0.1, -0.05) is 11.6 Å². The number of aryl methyl sites for hydroxylation is 1. The van der Waals surface area contributed by atoms with Crippen LogP contribution in [0.2, 0.25) is 4.34 Å². The summed E-state index contributed by atoms with van der Waals surface area (Å²) in [6.07, 6.45) is 3.79. The highest BCUT2D eigenvalue weighted by atomic mass is 35.5. The lowest BCUT2D eigenvalue weighted by molar-refractivity contribution is 0.378. The van der Waals surface area contributed by atoms with Gasteiger partial charge in [0.1, 0.15) is 0 Å². The van der Waals surface area contributed by atoms with E-state index in [4.69, 9.17) is 11.6 Å². The Kier molecular flexibility index (Phi) is 3.44. The monoisotopic (exact) mass is 270 g/mol. The van der Waals surface area contributed by atoms with Crippen LogP contribution in [0, 0.1) is 5.92 Å². The van der Waals surface area contributed by atoms with Gasteiger partial charge in [-0.15, -0.1) is 11.3 Å². The van der Waals surface area contributed by atoms with E-state index in [2.05, 4.69) is 23.3 Å².